The SMILES string of the molecule is COc1ccccc1OC[C@@H](C)NC(=O)CN(Cc1ccccc1)S(C)(=O)=O. The second-order valence-electron chi connectivity index (χ2n) is 6.45. The molecule has 1 N–H and O–H groups in total. The summed E-state index contributed by atoms with van der Waals surface area (Å²) in [4.78, 5) is 12.3. The van der Waals surface area contributed by atoms with E-state index in [1.54, 1.807) is 26.2 Å². The number of methoxy groups -OCH3 is 1. The number of amides is 1. The van der Waals surface area contributed by atoms with Gasteiger partial charge in [0.1, 0.15) is 6.61 Å². The van der Waals surface area contributed by atoms with Crippen molar-refractivity contribution in [2.45, 2.75) is 19.5 Å². The lowest BCUT2D eigenvalue weighted by Crippen LogP contribution is -2.44. The third kappa shape index (κ3) is 6.86. The van der Waals surface area contributed by atoms with Crippen LogP contribution in [0.5, 0.6) is 11.5 Å². The Balaban J connectivity index is 1.91. The highest BCUT2D eigenvalue weighted by Gasteiger charge is 2.21. The van der Waals surface area contributed by atoms with Gasteiger partial charge in [0, 0.05) is 6.54 Å². The van der Waals surface area contributed by atoms with E-state index in [2.05, 4.69) is 5.32 Å². The fraction of sp³-hybridized carbons (Fsp3) is 0.350. The van der Waals surface area contributed by atoms with Crippen LogP contribution in [-0.2, 0) is 21.4 Å². The van der Waals surface area contributed by atoms with Crippen LogP contribution in [0.25, 0.3) is 0 Å². The Morgan fingerprint density at radius 1 is 1.07 bits per heavy atom. The van der Waals surface area contributed by atoms with Gasteiger partial charge in [0.15, 0.2) is 11.5 Å². The first-order chi connectivity index (χ1) is 13.3. The number of nitrogens with one attached hydrogen (secondary N) is 1. The molecule has 152 valence electrons. The maximum atomic E-state index is 12.3. The van der Waals surface area contributed by atoms with E-state index < -0.39 is 15.9 Å². The summed E-state index contributed by atoms with van der Waals surface area (Å²) < 4.78 is 36.1. The molecular weight excluding hydrogens is 380 g/mol. The first kappa shape index (κ1) is 21.7. The summed E-state index contributed by atoms with van der Waals surface area (Å²) in [5.74, 6) is 0.789. The topological polar surface area (TPSA) is 84.9 Å². The van der Waals surface area contributed by atoms with E-state index in [4.69, 9.17) is 9.47 Å². The van der Waals surface area contributed by atoms with Crippen molar-refractivity contribution in [2.75, 3.05) is 26.5 Å². The molecule has 0 bridgehead atoms. The molecular formula is C20H26N2O5S. The molecule has 0 saturated carbocycles. The molecule has 8 heteroatoms. The zero-order valence-electron chi connectivity index (χ0n) is 16.3. The molecule has 0 aromatic heterocycles. The average Bonchev–Trinajstić information content (AvgIpc) is 2.66. The van der Waals surface area contributed by atoms with Gasteiger partial charge >= 0.3 is 0 Å². The molecule has 0 radical (unpaired) electrons. The lowest BCUT2D eigenvalue weighted by molar-refractivity contribution is -0.122. The van der Waals surface area contributed by atoms with Crippen molar-refractivity contribution in [3.8, 4) is 11.5 Å². The van der Waals surface area contributed by atoms with Crippen molar-refractivity contribution in [3.05, 3.63) is 60.2 Å². The van der Waals surface area contributed by atoms with E-state index in [1.807, 2.05) is 42.5 Å². The second kappa shape index (κ2) is 10.1. The van der Waals surface area contributed by atoms with Gasteiger partial charge < -0.3 is 14.8 Å². The molecule has 0 aliphatic carbocycles. The van der Waals surface area contributed by atoms with E-state index in [0.717, 1.165) is 16.1 Å². The number of nitrogens with zero attached hydrogens (tertiary/aromatic N) is 1. The molecule has 7 nitrogen and oxygen atoms in total. The van der Waals surface area contributed by atoms with Gasteiger partial charge in [-0.05, 0) is 24.6 Å². The molecule has 2 rings (SSSR count). The maximum absolute atomic E-state index is 12.3. The van der Waals surface area contributed by atoms with Crippen LogP contribution in [0.15, 0.2) is 54.6 Å². The summed E-state index contributed by atoms with van der Waals surface area (Å²) in [6, 6.07) is 16.1. The predicted molar refractivity (Wildman–Crippen MR) is 108 cm³/mol. The van der Waals surface area contributed by atoms with E-state index >= 15 is 0 Å². The van der Waals surface area contributed by atoms with Crippen molar-refractivity contribution in [1.82, 2.24) is 9.62 Å². The number of para-hydroxylation sites is 2. The van der Waals surface area contributed by atoms with E-state index in [-0.39, 0.29) is 25.7 Å². The van der Waals surface area contributed by atoms with Gasteiger partial charge in [-0.1, -0.05) is 42.5 Å². The zero-order chi connectivity index (χ0) is 20.6. The van der Waals surface area contributed by atoms with Crippen LogP contribution < -0.4 is 14.8 Å². The minimum Gasteiger partial charge on any atom is -0.493 e. The minimum absolute atomic E-state index is 0.138. The zero-order valence-corrected chi connectivity index (χ0v) is 17.1. The van der Waals surface area contributed by atoms with E-state index in [1.165, 1.54) is 0 Å². The Kier molecular flexibility index (Phi) is 7.83. The molecule has 0 fully saturated rings. The summed E-state index contributed by atoms with van der Waals surface area (Å²) in [7, 11) is -1.98. The third-order valence-corrected chi connectivity index (χ3v) is 5.15. The molecule has 1 atom stereocenters. The molecule has 1 amide bonds. The molecule has 0 heterocycles. The highest BCUT2D eigenvalue weighted by molar-refractivity contribution is 7.88. The smallest absolute Gasteiger partial charge is 0.235 e. The molecule has 0 aliphatic rings. The van der Waals surface area contributed by atoms with Crippen molar-refractivity contribution < 1.29 is 22.7 Å². The minimum atomic E-state index is -3.53. The number of ether oxygens (including phenoxy) is 2. The third-order valence-electron chi connectivity index (χ3n) is 3.96. The van der Waals surface area contributed by atoms with Gasteiger partial charge in [-0.15, -0.1) is 0 Å². The molecule has 0 unspecified atom stereocenters. The Hall–Kier alpha value is -2.58. The van der Waals surface area contributed by atoms with Crippen LogP contribution in [0, 0.1) is 0 Å². The van der Waals surface area contributed by atoms with E-state index in [9.17, 15) is 13.2 Å². The Labute approximate surface area is 166 Å². The summed E-state index contributed by atoms with van der Waals surface area (Å²) in [5, 5.41) is 2.77. The standard InChI is InChI=1S/C20H26N2O5S/c1-16(15-27-19-12-8-7-11-18(19)26-2)21-20(23)14-22(28(3,24)25)13-17-9-5-4-6-10-17/h4-12,16H,13-15H2,1-3H3,(H,21,23)/t16-/m1/s1. The van der Waals surface area contributed by atoms with Gasteiger partial charge in [0.2, 0.25) is 15.9 Å². The van der Waals surface area contributed by atoms with Crippen LogP contribution in [0.1, 0.15) is 12.5 Å². The van der Waals surface area contributed by atoms with Crippen LogP contribution >= 0.6 is 0 Å². The van der Waals surface area contributed by atoms with Crippen LogP contribution in [0.3, 0.4) is 0 Å². The Bertz CT molecular complexity index is 871. The van der Waals surface area contributed by atoms with Gasteiger partial charge in [0.25, 0.3) is 0 Å². The number of rotatable bonds is 10. The lowest BCUT2D eigenvalue weighted by Gasteiger charge is -2.21. The molecule has 0 spiro atoms. The summed E-state index contributed by atoms with van der Waals surface area (Å²) in [6.07, 6.45) is 1.09. The molecule has 2 aromatic rings. The lowest BCUT2D eigenvalue weighted by atomic mass is 10.2. The van der Waals surface area contributed by atoms with Crippen LogP contribution in [0.2, 0.25) is 0 Å². The van der Waals surface area contributed by atoms with Crippen molar-refractivity contribution >= 4 is 15.9 Å². The first-order valence-corrected chi connectivity index (χ1v) is 10.7. The van der Waals surface area contributed by atoms with Crippen LogP contribution in [0.4, 0.5) is 0 Å². The highest BCUT2D eigenvalue weighted by atomic mass is 32.2. The predicted octanol–water partition coefficient (Wildman–Crippen LogP) is 2.04. The fourth-order valence-electron chi connectivity index (χ4n) is 2.55. The Morgan fingerprint density at radius 3 is 2.29 bits per heavy atom. The quantitative estimate of drug-likeness (QED) is 0.653. The molecule has 0 saturated heterocycles. The highest BCUT2D eigenvalue weighted by Crippen LogP contribution is 2.25. The molecule has 28 heavy (non-hydrogen) atoms. The number of hydrogen-bond donors (Lipinski definition) is 1. The van der Waals surface area contributed by atoms with Gasteiger partial charge in [-0.2, -0.15) is 4.31 Å². The normalized spacial score (nSPS) is 12.4. The fourth-order valence-corrected chi connectivity index (χ4v) is 3.29. The first-order valence-electron chi connectivity index (χ1n) is 8.84. The number of sulfonamides is 1. The van der Waals surface area contributed by atoms with Crippen molar-refractivity contribution in [3.63, 3.8) is 0 Å². The van der Waals surface area contributed by atoms with Gasteiger partial charge in [-0.3, -0.25) is 4.79 Å². The summed E-state index contributed by atoms with van der Waals surface area (Å²) in [5.41, 5.74) is 0.813. The van der Waals surface area contributed by atoms with Gasteiger partial charge in [0.05, 0.1) is 26.0 Å². The number of carbonyl (C=O) groups excluding carboxylic acids is 1. The maximum Gasteiger partial charge on any atom is 0.235 e. The second-order valence-corrected chi connectivity index (χ2v) is 8.43. The monoisotopic (exact) mass is 406 g/mol. The molecule has 2 aromatic carbocycles. The average molecular weight is 407 g/mol. The summed E-state index contributed by atoms with van der Waals surface area (Å²) >= 11 is 0. The van der Waals surface area contributed by atoms with Crippen molar-refractivity contribution in [1.29, 1.82) is 0 Å². The summed E-state index contributed by atoms with van der Waals surface area (Å²) in [6.45, 7) is 1.89. The number of carbonyl (C=O) groups is 1. The number of benzene rings is 2. The molecule has 0 aliphatic heterocycles. The van der Waals surface area contributed by atoms with E-state index in [0.29, 0.717) is 11.5 Å². The largest absolute Gasteiger partial charge is 0.493 e. The van der Waals surface area contributed by atoms with Crippen LogP contribution in [-0.4, -0.2) is 51.2 Å². The van der Waals surface area contributed by atoms with Crippen molar-refractivity contribution in [2.24, 2.45) is 0 Å². The number of hydrogen-bond acceptors (Lipinski definition) is 5. The Morgan fingerprint density at radius 2 is 1.68 bits per heavy atom. The van der Waals surface area contributed by atoms with Gasteiger partial charge in [-0.25, -0.2) is 8.42 Å².